The molecular weight excluding hydrogens is 440 g/mol. The number of hydrogen-bond donors (Lipinski definition) is 3. The maximum atomic E-state index is 12.7. The third kappa shape index (κ3) is 6.18. The molecule has 0 fully saturated rings. The first-order valence-electron chi connectivity index (χ1n) is 8.94. The van der Waals surface area contributed by atoms with Gasteiger partial charge in [-0.2, -0.15) is 0 Å². The molecule has 3 N–H and O–H groups in total. The molecule has 31 heavy (non-hydrogen) atoms. The molecule has 0 radical (unpaired) electrons. The number of benzene rings is 3. The molecule has 3 aromatic rings. The molecule has 1 amide bonds. The van der Waals surface area contributed by atoms with Crippen LogP contribution < -0.4 is 10.0 Å². The summed E-state index contributed by atoms with van der Waals surface area (Å²) in [5, 5.41) is 12.8. The Kier molecular flexibility index (Phi) is 6.74. The molecule has 0 unspecified atom stereocenters. The van der Waals surface area contributed by atoms with E-state index in [9.17, 15) is 18.0 Å². The lowest BCUT2D eigenvalue weighted by atomic mass is 10.1. The zero-order valence-electron chi connectivity index (χ0n) is 15.9. The monoisotopic (exact) mass is 456 g/mol. The molecule has 158 valence electrons. The number of nitrogens with one attached hydrogen (secondary N) is 2. The third-order valence-corrected chi connectivity index (χ3v) is 5.34. The molecule has 0 bridgehead atoms. The predicted octanol–water partition coefficient (Wildman–Crippen LogP) is 4.70. The Balaban J connectivity index is 1.82. The summed E-state index contributed by atoms with van der Waals surface area (Å²) in [6, 6.07) is 18.6. The van der Waals surface area contributed by atoms with E-state index in [2.05, 4.69) is 10.0 Å². The lowest BCUT2D eigenvalue weighted by Crippen LogP contribution is -2.17. The summed E-state index contributed by atoms with van der Waals surface area (Å²) in [4.78, 5) is 23.7. The summed E-state index contributed by atoms with van der Waals surface area (Å²) < 4.78 is 27.3. The molecule has 0 atom stereocenters. The van der Waals surface area contributed by atoms with Crippen LogP contribution in [0, 0.1) is 0 Å². The van der Waals surface area contributed by atoms with Crippen LogP contribution in [0.5, 0.6) is 0 Å². The average Bonchev–Trinajstić information content (AvgIpc) is 2.74. The number of amides is 1. The highest BCUT2D eigenvalue weighted by Gasteiger charge is 2.16. The van der Waals surface area contributed by atoms with Crippen molar-refractivity contribution in [3.8, 4) is 0 Å². The predicted molar refractivity (Wildman–Crippen MR) is 121 cm³/mol. The molecule has 0 aromatic heterocycles. The van der Waals surface area contributed by atoms with Crippen molar-refractivity contribution in [3.05, 3.63) is 99.9 Å². The Morgan fingerprint density at radius 1 is 0.935 bits per heavy atom. The number of halogens is 1. The summed E-state index contributed by atoms with van der Waals surface area (Å²) in [6.07, 6.45) is 1.43. The quantitative estimate of drug-likeness (QED) is 0.477. The molecule has 7 nitrogen and oxygen atoms in total. The normalized spacial score (nSPS) is 11.3. The van der Waals surface area contributed by atoms with Crippen LogP contribution in [-0.4, -0.2) is 25.4 Å². The van der Waals surface area contributed by atoms with Gasteiger partial charge in [0.2, 0.25) is 0 Å². The van der Waals surface area contributed by atoms with Gasteiger partial charge in [0.1, 0.15) is 0 Å². The van der Waals surface area contributed by atoms with E-state index in [1.165, 1.54) is 48.5 Å². The first-order valence-corrected chi connectivity index (χ1v) is 10.9. The highest BCUT2D eigenvalue weighted by molar-refractivity contribution is 7.95. The molecule has 3 aromatic carbocycles. The van der Waals surface area contributed by atoms with Crippen molar-refractivity contribution in [1.29, 1.82) is 0 Å². The largest absolute Gasteiger partial charge is 0.478 e. The van der Waals surface area contributed by atoms with Gasteiger partial charge in [0.25, 0.3) is 15.9 Å². The van der Waals surface area contributed by atoms with Crippen molar-refractivity contribution in [2.45, 2.75) is 0 Å². The van der Waals surface area contributed by atoms with Crippen molar-refractivity contribution in [2.75, 3.05) is 10.0 Å². The van der Waals surface area contributed by atoms with Crippen LogP contribution in [0.2, 0.25) is 5.02 Å². The molecular formula is C22H17ClN2O5S. The zero-order chi connectivity index (χ0) is 22.4. The Labute approximate surface area is 184 Å². The smallest absolute Gasteiger partial charge is 0.335 e. The Morgan fingerprint density at radius 3 is 2.26 bits per heavy atom. The standard InChI is InChI=1S/C22H17ClN2O5S/c23-17-8-11-20(25-31(29,30)13-12-15-4-2-1-3-5-15)19(14-17)21(26)24-18-9-6-16(7-10-18)22(27)28/h1-14,25H,(H,24,26)(H,27,28). The first kappa shape index (κ1) is 22.1. The van der Waals surface area contributed by atoms with Gasteiger partial charge in [-0.1, -0.05) is 41.9 Å². The number of anilines is 2. The maximum Gasteiger partial charge on any atom is 0.335 e. The number of hydrogen-bond acceptors (Lipinski definition) is 4. The Bertz CT molecular complexity index is 1240. The third-order valence-electron chi connectivity index (χ3n) is 4.11. The van der Waals surface area contributed by atoms with Gasteiger partial charge in [-0.25, -0.2) is 13.2 Å². The van der Waals surface area contributed by atoms with Crippen molar-refractivity contribution < 1.29 is 23.1 Å². The van der Waals surface area contributed by atoms with Crippen LogP contribution >= 0.6 is 11.6 Å². The van der Waals surface area contributed by atoms with Crippen molar-refractivity contribution in [3.63, 3.8) is 0 Å². The van der Waals surface area contributed by atoms with Gasteiger partial charge >= 0.3 is 5.97 Å². The van der Waals surface area contributed by atoms with Gasteiger partial charge in [-0.05, 0) is 54.1 Å². The van der Waals surface area contributed by atoms with E-state index >= 15 is 0 Å². The summed E-state index contributed by atoms with van der Waals surface area (Å²) >= 11 is 6.00. The molecule has 0 spiro atoms. The second-order valence-electron chi connectivity index (χ2n) is 6.39. The minimum atomic E-state index is -3.91. The SMILES string of the molecule is O=C(O)c1ccc(NC(=O)c2cc(Cl)ccc2NS(=O)(=O)C=Cc2ccccc2)cc1. The second-order valence-corrected chi connectivity index (χ2v) is 8.39. The number of carboxylic acids is 1. The lowest BCUT2D eigenvalue weighted by Gasteiger charge is -2.12. The van der Waals surface area contributed by atoms with Crippen LogP contribution in [-0.2, 0) is 10.0 Å². The van der Waals surface area contributed by atoms with E-state index in [0.29, 0.717) is 11.3 Å². The van der Waals surface area contributed by atoms with E-state index in [1.807, 2.05) is 6.07 Å². The molecule has 3 rings (SSSR count). The van der Waals surface area contributed by atoms with E-state index in [0.717, 1.165) is 5.41 Å². The van der Waals surface area contributed by atoms with Crippen molar-refractivity contribution in [1.82, 2.24) is 0 Å². The topological polar surface area (TPSA) is 113 Å². The summed E-state index contributed by atoms with van der Waals surface area (Å²) in [6.45, 7) is 0. The molecule has 0 saturated carbocycles. The summed E-state index contributed by atoms with van der Waals surface area (Å²) in [7, 11) is -3.91. The number of carbonyl (C=O) groups excluding carboxylic acids is 1. The molecule has 9 heteroatoms. The number of sulfonamides is 1. The fraction of sp³-hybridized carbons (Fsp3) is 0. The zero-order valence-corrected chi connectivity index (χ0v) is 17.5. The minimum absolute atomic E-state index is 0.00602. The average molecular weight is 457 g/mol. The van der Waals surface area contributed by atoms with Crippen molar-refractivity contribution >= 4 is 51.0 Å². The van der Waals surface area contributed by atoms with Crippen LogP contribution in [0.1, 0.15) is 26.3 Å². The Morgan fingerprint density at radius 2 is 1.61 bits per heavy atom. The van der Waals surface area contributed by atoms with Crippen LogP contribution in [0.25, 0.3) is 6.08 Å². The van der Waals surface area contributed by atoms with Gasteiger partial charge in [0.05, 0.1) is 22.2 Å². The van der Waals surface area contributed by atoms with Gasteiger partial charge in [0, 0.05) is 10.7 Å². The number of rotatable bonds is 7. The number of carboxylic acid groups (broad SMARTS) is 1. The van der Waals surface area contributed by atoms with Crippen LogP contribution in [0.3, 0.4) is 0 Å². The Hall–Kier alpha value is -3.62. The second kappa shape index (κ2) is 9.46. The summed E-state index contributed by atoms with van der Waals surface area (Å²) in [5.74, 6) is -1.71. The lowest BCUT2D eigenvalue weighted by molar-refractivity contribution is 0.0696. The maximum absolute atomic E-state index is 12.7. The van der Waals surface area contributed by atoms with Crippen molar-refractivity contribution in [2.24, 2.45) is 0 Å². The highest BCUT2D eigenvalue weighted by Crippen LogP contribution is 2.24. The van der Waals surface area contributed by atoms with Crippen LogP contribution in [0.15, 0.2) is 78.2 Å². The molecule has 0 aliphatic carbocycles. The fourth-order valence-electron chi connectivity index (χ4n) is 2.61. The van der Waals surface area contributed by atoms with Gasteiger partial charge < -0.3 is 10.4 Å². The van der Waals surface area contributed by atoms with E-state index in [-0.39, 0.29) is 21.8 Å². The number of aromatic carboxylic acids is 1. The van der Waals surface area contributed by atoms with Gasteiger partial charge in [-0.3, -0.25) is 9.52 Å². The van der Waals surface area contributed by atoms with Gasteiger partial charge in [0.15, 0.2) is 0 Å². The molecule has 0 heterocycles. The highest BCUT2D eigenvalue weighted by atomic mass is 35.5. The summed E-state index contributed by atoms with van der Waals surface area (Å²) in [5.41, 5.74) is 1.16. The fourth-order valence-corrected chi connectivity index (χ4v) is 3.67. The van der Waals surface area contributed by atoms with E-state index < -0.39 is 21.9 Å². The van der Waals surface area contributed by atoms with Crippen LogP contribution in [0.4, 0.5) is 11.4 Å². The minimum Gasteiger partial charge on any atom is -0.478 e. The van der Waals surface area contributed by atoms with E-state index in [1.54, 1.807) is 24.3 Å². The first-order chi connectivity index (χ1) is 14.7. The molecule has 0 aliphatic heterocycles. The number of carbonyl (C=O) groups is 2. The van der Waals surface area contributed by atoms with E-state index in [4.69, 9.17) is 16.7 Å². The molecule has 0 aliphatic rings. The molecule has 0 saturated heterocycles. The van der Waals surface area contributed by atoms with Gasteiger partial charge in [-0.15, -0.1) is 0 Å².